The zero-order valence-electron chi connectivity index (χ0n) is 19.4. The van der Waals surface area contributed by atoms with Gasteiger partial charge in [0.25, 0.3) is 0 Å². The Morgan fingerprint density at radius 2 is 1.90 bits per heavy atom. The van der Waals surface area contributed by atoms with Crippen molar-refractivity contribution in [3.63, 3.8) is 0 Å². The van der Waals surface area contributed by atoms with E-state index in [1.807, 2.05) is 27.7 Å². The molecule has 0 spiro atoms. The van der Waals surface area contributed by atoms with Crippen LogP contribution in [0.2, 0.25) is 0 Å². The maximum Gasteiger partial charge on any atom is 0.408 e. The van der Waals surface area contributed by atoms with E-state index < -0.39 is 23.1 Å². The van der Waals surface area contributed by atoms with E-state index in [2.05, 4.69) is 29.1 Å². The van der Waals surface area contributed by atoms with E-state index in [4.69, 9.17) is 15.2 Å². The predicted molar refractivity (Wildman–Crippen MR) is 119 cm³/mol. The third kappa shape index (κ3) is 7.08. The van der Waals surface area contributed by atoms with Gasteiger partial charge in [-0.3, -0.25) is 0 Å². The lowest BCUT2D eigenvalue weighted by Crippen LogP contribution is -2.52. The van der Waals surface area contributed by atoms with E-state index >= 15 is 0 Å². The maximum absolute atomic E-state index is 14.3. The Morgan fingerprint density at radius 3 is 2.48 bits per heavy atom. The number of nitrogens with two attached hydrogens (primary N) is 1. The Morgan fingerprint density at radius 1 is 1.23 bits per heavy atom. The van der Waals surface area contributed by atoms with Gasteiger partial charge in [-0.15, -0.1) is 0 Å². The van der Waals surface area contributed by atoms with E-state index in [1.54, 1.807) is 19.1 Å². The Kier molecular flexibility index (Phi) is 7.46. The fraction of sp³-hybridized carbons (Fsp3) is 0.522. The number of aromatic nitrogens is 2. The molecule has 2 heterocycles. The van der Waals surface area contributed by atoms with Crippen LogP contribution in [0.1, 0.15) is 53.7 Å². The number of carbonyl (C=O) groups excluding carboxylic acids is 1. The number of hydrogen-bond acceptors (Lipinski definition) is 6. The summed E-state index contributed by atoms with van der Waals surface area (Å²) >= 11 is 0. The Balaban J connectivity index is 2.17. The molecule has 0 bridgehead atoms. The first-order chi connectivity index (χ1) is 14.3. The van der Waals surface area contributed by atoms with Crippen LogP contribution in [0.15, 0.2) is 24.4 Å². The third-order valence-corrected chi connectivity index (χ3v) is 4.44. The zero-order chi connectivity index (χ0) is 23.4. The summed E-state index contributed by atoms with van der Waals surface area (Å²) in [4.78, 5) is 20.5. The van der Waals surface area contributed by atoms with Crippen molar-refractivity contribution in [1.82, 2.24) is 15.3 Å². The molecule has 7 nitrogen and oxygen atoms in total. The molecule has 0 radical (unpaired) electrons. The number of rotatable bonds is 7. The fourth-order valence-corrected chi connectivity index (χ4v) is 3.34. The molecular formula is C23H33FN4O3. The number of hydrogen-bond donors (Lipinski definition) is 2. The van der Waals surface area contributed by atoms with Crippen LogP contribution in [0.5, 0.6) is 5.75 Å². The van der Waals surface area contributed by atoms with Crippen LogP contribution < -0.4 is 15.8 Å². The average molecular weight is 433 g/mol. The van der Waals surface area contributed by atoms with Crippen LogP contribution in [0.3, 0.4) is 0 Å². The van der Waals surface area contributed by atoms with E-state index in [0.717, 1.165) is 0 Å². The van der Waals surface area contributed by atoms with Crippen molar-refractivity contribution in [2.24, 2.45) is 5.92 Å². The fourth-order valence-electron chi connectivity index (χ4n) is 3.34. The standard InChI is InChI=1S/C23H33FN4O3/c1-14(2)12-23(7,28-21(29)31-22(4,5)6)13-30-18-9-8-17(27-15(18)3)16-10-11-26-20(25)19(16)24/h8-11,14H,12-13H2,1-7H3,(H2,25,26)(H,28,29)/t23-/m0/s1. The second-order valence-corrected chi connectivity index (χ2v) is 9.41. The summed E-state index contributed by atoms with van der Waals surface area (Å²) in [7, 11) is 0. The molecule has 2 aromatic heterocycles. The van der Waals surface area contributed by atoms with E-state index in [0.29, 0.717) is 29.5 Å². The first-order valence-electron chi connectivity index (χ1n) is 10.3. The lowest BCUT2D eigenvalue weighted by atomic mass is 9.91. The van der Waals surface area contributed by atoms with Crippen LogP contribution in [-0.4, -0.2) is 33.8 Å². The first kappa shape index (κ1) is 24.4. The van der Waals surface area contributed by atoms with Gasteiger partial charge in [0.05, 0.1) is 16.9 Å². The molecule has 0 aliphatic heterocycles. The number of carbonyl (C=O) groups is 1. The van der Waals surface area contributed by atoms with Crippen LogP contribution in [0.4, 0.5) is 15.0 Å². The molecule has 0 unspecified atom stereocenters. The monoisotopic (exact) mass is 432 g/mol. The average Bonchev–Trinajstić information content (AvgIpc) is 2.60. The van der Waals surface area contributed by atoms with Gasteiger partial charge in [-0.2, -0.15) is 0 Å². The second kappa shape index (κ2) is 9.49. The number of nitrogen functional groups attached to an aromatic ring is 1. The summed E-state index contributed by atoms with van der Waals surface area (Å²) < 4.78 is 25.7. The highest BCUT2D eigenvalue weighted by molar-refractivity contribution is 5.68. The highest BCUT2D eigenvalue weighted by Gasteiger charge is 2.31. The summed E-state index contributed by atoms with van der Waals surface area (Å²) in [5.41, 5.74) is 5.63. The number of alkyl carbamates (subject to hydrolysis) is 1. The lowest BCUT2D eigenvalue weighted by molar-refractivity contribution is 0.0407. The molecule has 0 aliphatic rings. The maximum atomic E-state index is 14.3. The van der Waals surface area contributed by atoms with Gasteiger partial charge in [0.2, 0.25) is 0 Å². The molecule has 3 N–H and O–H groups in total. The molecule has 2 aromatic rings. The molecule has 0 aliphatic carbocycles. The lowest BCUT2D eigenvalue weighted by Gasteiger charge is -2.33. The molecule has 8 heteroatoms. The molecule has 1 atom stereocenters. The minimum Gasteiger partial charge on any atom is -0.489 e. The van der Waals surface area contributed by atoms with E-state index in [1.165, 1.54) is 12.3 Å². The summed E-state index contributed by atoms with van der Waals surface area (Å²) in [5.74, 6) is 0.0986. The SMILES string of the molecule is Cc1nc(-c2ccnc(N)c2F)ccc1OC[C@](C)(CC(C)C)NC(=O)OC(C)(C)C. The van der Waals surface area contributed by atoms with E-state index in [9.17, 15) is 9.18 Å². The Hall–Kier alpha value is -2.90. The number of ether oxygens (including phenoxy) is 2. The summed E-state index contributed by atoms with van der Waals surface area (Å²) in [5, 5.41) is 2.94. The van der Waals surface area contributed by atoms with Crippen molar-refractivity contribution < 1.29 is 18.7 Å². The van der Waals surface area contributed by atoms with Crippen LogP contribution in [-0.2, 0) is 4.74 Å². The largest absolute Gasteiger partial charge is 0.489 e. The molecule has 0 saturated carbocycles. The van der Waals surface area contributed by atoms with Gasteiger partial charge >= 0.3 is 6.09 Å². The second-order valence-electron chi connectivity index (χ2n) is 9.41. The van der Waals surface area contributed by atoms with E-state index in [-0.39, 0.29) is 18.0 Å². The molecule has 0 fully saturated rings. The van der Waals surface area contributed by atoms with Crippen LogP contribution in [0.25, 0.3) is 11.3 Å². The number of pyridine rings is 2. The number of halogens is 1. The van der Waals surface area contributed by atoms with Crippen molar-refractivity contribution in [2.45, 2.75) is 66.0 Å². The minimum absolute atomic E-state index is 0.171. The smallest absolute Gasteiger partial charge is 0.408 e. The molecule has 31 heavy (non-hydrogen) atoms. The van der Waals surface area contributed by atoms with Gasteiger partial charge in [-0.1, -0.05) is 13.8 Å². The molecule has 0 aromatic carbocycles. The third-order valence-electron chi connectivity index (χ3n) is 4.44. The summed E-state index contributed by atoms with van der Waals surface area (Å²) in [6.07, 6.45) is 1.64. The van der Waals surface area contributed by atoms with Crippen molar-refractivity contribution >= 4 is 11.9 Å². The summed E-state index contributed by atoms with van der Waals surface area (Å²) in [6, 6.07) is 4.93. The van der Waals surface area contributed by atoms with Crippen molar-refractivity contribution in [3.8, 4) is 17.0 Å². The molecule has 0 saturated heterocycles. The number of nitrogens with one attached hydrogen (secondary N) is 1. The number of aryl methyl sites for hydroxylation is 1. The normalized spacial score (nSPS) is 13.6. The van der Waals surface area contributed by atoms with Gasteiger partial charge in [0, 0.05) is 11.8 Å². The summed E-state index contributed by atoms with van der Waals surface area (Å²) in [6.45, 7) is 13.5. The Labute approximate surface area is 183 Å². The topological polar surface area (TPSA) is 99.4 Å². The van der Waals surface area contributed by atoms with Gasteiger partial charge in [-0.05, 0) is 65.2 Å². The number of anilines is 1. The highest BCUT2D eigenvalue weighted by atomic mass is 19.1. The van der Waals surface area contributed by atoms with Crippen LogP contribution in [0, 0.1) is 18.7 Å². The highest BCUT2D eigenvalue weighted by Crippen LogP contribution is 2.27. The molecular weight excluding hydrogens is 399 g/mol. The molecule has 170 valence electrons. The van der Waals surface area contributed by atoms with Crippen molar-refractivity contribution in [3.05, 3.63) is 35.9 Å². The first-order valence-corrected chi connectivity index (χ1v) is 10.3. The number of nitrogens with zero attached hydrogens (tertiary/aromatic N) is 2. The van der Waals surface area contributed by atoms with Gasteiger partial charge < -0.3 is 20.5 Å². The number of amides is 1. The van der Waals surface area contributed by atoms with Gasteiger partial charge in [0.15, 0.2) is 11.6 Å². The zero-order valence-corrected chi connectivity index (χ0v) is 19.4. The molecule has 2 rings (SSSR count). The van der Waals surface area contributed by atoms with Gasteiger partial charge in [0.1, 0.15) is 18.0 Å². The minimum atomic E-state index is -0.646. The quantitative estimate of drug-likeness (QED) is 0.647. The predicted octanol–water partition coefficient (Wildman–Crippen LogP) is 4.88. The van der Waals surface area contributed by atoms with Crippen LogP contribution >= 0.6 is 0 Å². The van der Waals surface area contributed by atoms with Gasteiger partial charge in [-0.25, -0.2) is 19.2 Å². The molecule has 1 amide bonds. The van der Waals surface area contributed by atoms with Crippen molar-refractivity contribution in [1.29, 1.82) is 0 Å². The Bertz CT molecular complexity index is 928. The van der Waals surface area contributed by atoms with Crippen molar-refractivity contribution in [2.75, 3.05) is 12.3 Å².